The third-order valence-electron chi connectivity index (χ3n) is 2.85. The summed E-state index contributed by atoms with van der Waals surface area (Å²) < 4.78 is 86.3. The molecule has 2 rings (SSSR count). The molecule has 14 heteroatoms. The molecule has 0 bridgehead atoms. The number of nitrogens with zero attached hydrogens (tertiary/aromatic N) is 4. The highest BCUT2D eigenvalue weighted by Crippen LogP contribution is 2.07. The Bertz CT molecular complexity index is 670. The normalized spacial score (nSPS) is 10.2. The average Bonchev–Trinajstić information content (AvgIpc) is 3.24. The molecule has 2 heterocycles. The Hall–Kier alpha value is -3.05. The zero-order chi connectivity index (χ0) is 25.2. The minimum Gasteiger partial charge on any atom is -0.418 e. The maximum Gasteiger partial charge on any atom is 0.673 e. The summed E-state index contributed by atoms with van der Waals surface area (Å²) in [6, 6.07) is 0. The van der Waals surface area contributed by atoms with E-state index in [0.29, 0.717) is 0 Å². The Morgan fingerprint density at radius 1 is 0.594 bits per heavy atom. The Morgan fingerprint density at radius 2 is 0.875 bits per heavy atom. The van der Waals surface area contributed by atoms with Gasteiger partial charge in [0.2, 0.25) is 12.7 Å². The lowest BCUT2D eigenvalue weighted by atomic mass is 10.3. The highest BCUT2D eigenvalue weighted by atomic mass is 19.5. The van der Waals surface area contributed by atoms with Gasteiger partial charge in [-0.25, -0.2) is 18.3 Å². The largest absolute Gasteiger partial charge is 0.673 e. The van der Waals surface area contributed by atoms with Crippen LogP contribution >= 0.6 is 0 Å². The summed E-state index contributed by atoms with van der Waals surface area (Å²) in [5, 5.41) is 0. The lowest BCUT2D eigenvalue weighted by Gasteiger charge is -1.94. The van der Waals surface area contributed by atoms with Crippen molar-refractivity contribution >= 4 is 14.5 Å². The van der Waals surface area contributed by atoms with E-state index < -0.39 is 14.5 Å². The highest BCUT2D eigenvalue weighted by Gasteiger charge is 2.21. The molecule has 32 heavy (non-hydrogen) atoms. The summed E-state index contributed by atoms with van der Waals surface area (Å²) in [4.78, 5) is 0. The maximum absolute atomic E-state index is 9.75. The zero-order valence-electron chi connectivity index (χ0n) is 17.4. The van der Waals surface area contributed by atoms with Crippen molar-refractivity contribution in [2.24, 2.45) is 0 Å². The van der Waals surface area contributed by atoms with Crippen molar-refractivity contribution in [2.75, 3.05) is 0 Å². The predicted octanol–water partition coefficient (Wildman–Crippen LogP) is 4.90. The van der Waals surface area contributed by atoms with Crippen molar-refractivity contribution < 1.29 is 43.7 Å². The fourth-order valence-corrected chi connectivity index (χ4v) is 1.91. The lowest BCUT2D eigenvalue weighted by molar-refractivity contribution is -0.686. The van der Waals surface area contributed by atoms with Gasteiger partial charge in [-0.15, -0.1) is 0 Å². The summed E-state index contributed by atoms with van der Waals surface area (Å²) in [5.41, 5.74) is 0. The number of hydrogen-bond acceptors (Lipinski definition) is 0. The van der Waals surface area contributed by atoms with Crippen LogP contribution in [-0.2, 0) is 26.2 Å². The molecule has 0 aliphatic heterocycles. The summed E-state index contributed by atoms with van der Waals surface area (Å²) in [6.07, 6.45) is 19.6. The molecule has 0 atom stereocenters. The lowest BCUT2D eigenvalue weighted by Crippen LogP contribution is -2.29. The van der Waals surface area contributed by atoms with E-state index in [0.717, 1.165) is 26.2 Å². The van der Waals surface area contributed by atoms with Crippen molar-refractivity contribution in [3.8, 4) is 0 Å². The highest BCUT2D eigenvalue weighted by molar-refractivity contribution is 6.50. The number of rotatable bonds is 8. The van der Waals surface area contributed by atoms with Crippen molar-refractivity contribution in [3.05, 3.63) is 88.1 Å². The van der Waals surface area contributed by atoms with E-state index in [9.17, 15) is 34.5 Å². The minimum absolute atomic E-state index is 0.865. The first-order valence-corrected chi connectivity index (χ1v) is 9.01. The molecule has 0 saturated heterocycles. The third kappa shape index (κ3) is 25.0. The number of imidazole rings is 2. The summed E-state index contributed by atoms with van der Waals surface area (Å²) in [7, 11) is -12.0. The van der Waals surface area contributed by atoms with E-state index >= 15 is 0 Å². The summed E-state index contributed by atoms with van der Waals surface area (Å²) in [6.45, 7) is 18.1. The van der Waals surface area contributed by atoms with Gasteiger partial charge in [0, 0.05) is 0 Å². The van der Waals surface area contributed by atoms with Crippen molar-refractivity contribution in [3.63, 3.8) is 0 Å². The zero-order valence-corrected chi connectivity index (χ0v) is 17.4. The van der Waals surface area contributed by atoms with Crippen LogP contribution in [-0.4, -0.2) is 23.6 Å². The molecular weight excluding hydrogens is 446 g/mol. The molecular formula is C18H26B2F8N4. The molecule has 2 aromatic rings. The van der Waals surface area contributed by atoms with E-state index in [4.69, 9.17) is 0 Å². The van der Waals surface area contributed by atoms with Gasteiger partial charge in [0.1, 0.15) is 51.0 Å². The average molecular weight is 472 g/mol. The SMILES string of the molecule is C=CCn1cc[n+](CC=C)c1.C=CCn1cc[n+](CC=C)c1.F[B-](F)(F)F.F[B-](F)(F)F. The van der Waals surface area contributed by atoms with Crippen molar-refractivity contribution in [1.29, 1.82) is 0 Å². The van der Waals surface area contributed by atoms with Crippen LogP contribution in [0.4, 0.5) is 34.5 Å². The van der Waals surface area contributed by atoms with E-state index in [1.807, 2.05) is 61.7 Å². The Labute approximate surface area is 182 Å². The van der Waals surface area contributed by atoms with E-state index in [1.54, 1.807) is 0 Å². The quantitative estimate of drug-likeness (QED) is 0.226. The number of halogens is 8. The van der Waals surface area contributed by atoms with Crippen LogP contribution in [0.3, 0.4) is 0 Å². The minimum atomic E-state index is -6.00. The second-order valence-electron chi connectivity index (χ2n) is 5.76. The molecule has 0 unspecified atom stereocenters. The number of allylic oxidation sites excluding steroid dienone is 4. The monoisotopic (exact) mass is 472 g/mol. The second kappa shape index (κ2) is 16.6. The third-order valence-corrected chi connectivity index (χ3v) is 2.85. The second-order valence-corrected chi connectivity index (χ2v) is 5.76. The van der Waals surface area contributed by atoms with Crippen LogP contribution in [0.1, 0.15) is 0 Å². The van der Waals surface area contributed by atoms with Gasteiger partial charge >= 0.3 is 14.5 Å². The molecule has 0 N–H and O–H groups in total. The molecule has 0 spiro atoms. The summed E-state index contributed by atoms with van der Waals surface area (Å²) >= 11 is 0. The van der Waals surface area contributed by atoms with Crippen LogP contribution in [0, 0.1) is 0 Å². The molecule has 0 fully saturated rings. The van der Waals surface area contributed by atoms with Gasteiger partial charge in [-0.1, -0.05) is 50.6 Å². The van der Waals surface area contributed by atoms with E-state index in [1.165, 1.54) is 0 Å². The van der Waals surface area contributed by atoms with E-state index in [-0.39, 0.29) is 0 Å². The van der Waals surface area contributed by atoms with Crippen LogP contribution in [0.25, 0.3) is 0 Å². The van der Waals surface area contributed by atoms with Crippen LogP contribution in [0.15, 0.2) is 88.1 Å². The standard InChI is InChI=1S/2C9H13N2.2BF4/c2*1-3-5-10-7-8-11(9-10)6-4-2;2*2-1(3,4)5/h2*3-4,7-9H,1-2,5-6H2;;/q2*+1;2*-1. The first-order valence-electron chi connectivity index (χ1n) is 9.01. The van der Waals surface area contributed by atoms with Crippen molar-refractivity contribution in [2.45, 2.75) is 26.2 Å². The molecule has 0 aliphatic carbocycles. The van der Waals surface area contributed by atoms with Crippen LogP contribution in [0.2, 0.25) is 0 Å². The molecule has 2 aromatic heterocycles. The number of aromatic nitrogens is 4. The van der Waals surface area contributed by atoms with Crippen molar-refractivity contribution in [1.82, 2.24) is 9.13 Å². The molecule has 180 valence electrons. The van der Waals surface area contributed by atoms with Gasteiger partial charge in [-0.3, -0.25) is 0 Å². The van der Waals surface area contributed by atoms with E-state index in [2.05, 4.69) is 44.6 Å². The van der Waals surface area contributed by atoms with Gasteiger partial charge in [0.25, 0.3) is 0 Å². The van der Waals surface area contributed by atoms with Gasteiger partial charge in [0.05, 0.1) is 0 Å². The topological polar surface area (TPSA) is 17.6 Å². The first kappa shape index (κ1) is 31.1. The van der Waals surface area contributed by atoms with Gasteiger partial charge < -0.3 is 34.5 Å². The molecule has 4 nitrogen and oxygen atoms in total. The Balaban J connectivity index is 0. The first-order chi connectivity index (χ1) is 14.7. The van der Waals surface area contributed by atoms with Gasteiger partial charge in [-0.2, -0.15) is 0 Å². The maximum atomic E-state index is 9.75. The van der Waals surface area contributed by atoms with Crippen LogP contribution < -0.4 is 9.13 Å². The van der Waals surface area contributed by atoms with Crippen LogP contribution in [0.5, 0.6) is 0 Å². The fourth-order valence-electron chi connectivity index (χ4n) is 1.91. The number of hydrogen-bond donors (Lipinski definition) is 0. The smallest absolute Gasteiger partial charge is 0.418 e. The van der Waals surface area contributed by atoms with Gasteiger partial charge in [0.15, 0.2) is 0 Å². The molecule has 0 saturated carbocycles. The molecule has 0 radical (unpaired) electrons. The van der Waals surface area contributed by atoms with Gasteiger partial charge in [-0.05, 0) is 0 Å². The Morgan fingerprint density at radius 3 is 1.09 bits per heavy atom. The molecule has 0 aliphatic rings. The molecule has 0 amide bonds. The Kier molecular flexibility index (Phi) is 16.2. The summed E-state index contributed by atoms with van der Waals surface area (Å²) in [5.74, 6) is 0. The predicted molar refractivity (Wildman–Crippen MR) is 110 cm³/mol. The fraction of sp³-hybridized carbons (Fsp3) is 0.222. The molecule has 0 aromatic carbocycles.